The van der Waals surface area contributed by atoms with Crippen LogP contribution in [0.1, 0.15) is 17.5 Å². The zero-order valence-corrected chi connectivity index (χ0v) is 18.9. The Balaban J connectivity index is 1.41. The van der Waals surface area contributed by atoms with Crippen LogP contribution in [0.25, 0.3) is 11.1 Å². The molecule has 2 heterocycles. The first-order chi connectivity index (χ1) is 15.5. The summed E-state index contributed by atoms with van der Waals surface area (Å²) in [7, 11) is -3.76. The van der Waals surface area contributed by atoms with Crippen molar-refractivity contribution < 1.29 is 13.2 Å². The second-order valence-electron chi connectivity index (χ2n) is 7.39. The van der Waals surface area contributed by atoms with E-state index in [1.807, 2.05) is 35.0 Å². The number of rotatable bonds is 9. The van der Waals surface area contributed by atoms with Crippen molar-refractivity contribution >= 4 is 32.8 Å². The number of pyridine rings is 1. The van der Waals surface area contributed by atoms with Crippen LogP contribution in [0.3, 0.4) is 0 Å². The predicted molar refractivity (Wildman–Crippen MR) is 128 cm³/mol. The number of thiophene rings is 1. The third-order valence-electron chi connectivity index (χ3n) is 5.03. The SMILES string of the molecule is O=C(CCc1cccnc1)Cc1ccc(NS(=O)(=O)c2ccccc2-c2ccsc2)cc1. The first-order valence-corrected chi connectivity index (χ1v) is 12.6. The van der Waals surface area contributed by atoms with Crippen molar-refractivity contribution in [2.75, 3.05) is 4.72 Å². The number of hydrogen-bond donors (Lipinski definition) is 1. The van der Waals surface area contributed by atoms with Crippen LogP contribution in [0.15, 0.2) is 94.8 Å². The van der Waals surface area contributed by atoms with Crippen LogP contribution >= 0.6 is 11.3 Å². The van der Waals surface area contributed by atoms with E-state index >= 15 is 0 Å². The van der Waals surface area contributed by atoms with Gasteiger partial charge in [0, 0.05) is 36.5 Å². The van der Waals surface area contributed by atoms with Gasteiger partial charge < -0.3 is 0 Å². The molecule has 0 unspecified atom stereocenters. The zero-order valence-electron chi connectivity index (χ0n) is 17.3. The highest BCUT2D eigenvalue weighted by molar-refractivity contribution is 7.92. The average Bonchev–Trinajstić information content (AvgIpc) is 3.35. The van der Waals surface area contributed by atoms with Gasteiger partial charge in [0.2, 0.25) is 0 Å². The number of benzene rings is 2. The van der Waals surface area contributed by atoms with Crippen molar-refractivity contribution in [3.05, 3.63) is 101 Å². The van der Waals surface area contributed by atoms with Crippen molar-refractivity contribution in [2.45, 2.75) is 24.2 Å². The zero-order chi connectivity index (χ0) is 22.4. The number of carbonyl (C=O) groups excluding carboxylic acids is 1. The fourth-order valence-corrected chi connectivity index (χ4v) is 5.35. The molecule has 0 bridgehead atoms. The van der Waals surface area contributed by atoms with Crippen molar-refractivity contribution in [3.8, 4) is 11.1 Å². The second-order valence-corrected chi connectivity index (χ2v) is 9.82. The second kappa shape index (κ2) is 9.89. The molecule has 7 heteroatoms. The van der Waals surface area contributed by atoms with Crippen molar-refractivity contribution in [2.24, 2.45) is 0 Å². The smallest absolute Gasteiger partial charge is 0.262 e. The van der Waals surface area contributed by atoms with Crippen molar-refractivity contribution in [3.63, 3.8) is 0 Å². The highest BCUT2D eigenvalue weighted by Gasteiger charge is 2.19. The fraction of sp³-hybridized carbons (Fsp3) is 0.120. The minimum Gasteiger partial charge on any atom is -0.299 e. The van der Waals surface area contributed by atoms with Gasteiger partial charge in [0.1, 0.15) is 5.78 Å². The molecule has 0 amide bonds. The van der Waals surface area contributed by atoms with E-state index < -0.39 is 10.0 Å². The van der Waals surface area contributed by atoms with Gasteiger partial charge in [-0.2, -0.15) is 11.3 Å². The van der Waals surface area contributed by atoms with Crippen molar-refractivity contribution in [1.29, 1.82) is 0 Å². The van der Waals surface area contributed by atoms with Crippen LogP contribution in [0.4, 0.5) is 5.69 Å². The summed E-state index contributed by atoms with van der Waals surface area (Å²) in [6.07, 6.45) is 4.90. The molecule has 4 rings (SSSR count). The highest BCUT2D eigenvalue weighted by atomic mass is 32.2. The number of anilines is 1. The lowest BCUT2D eigenvalue weighted by atomic mass is 10.0. The lowest BCUT2D eigenvalue weighted by Crippen LogP contribution is -2.14. The fourth-order valence-electron chi connectivity index (χ4n) is 3.40. The minimum absolute atomic E-state index is 0.131. The van der Waals surface area contributed by atoms with Crippen LogP contribution in [0.2, 0.25) is 0 Å². The van der Waals surface area contributed by atoms with Crippen LogP contribution in [-0.2, 0) is 27.7 Å². The predicted octanol–water partition coefficient (Wildman–Crippen LogP) is 5.36. The van der Waals surface area contributed by atoms with Gasteiger partial charge >= 0.3 is 0 Å². The van der Waals surface area contributed by atoms with Gasteiger partial charge in [0.25, 0.3) is 10.0 Å². The molecule has 0 aliphatic carbocycles. The quantitative estimate of drug-likeness (QED) is 0.364. The number of carbonyl (C=O) groups is 1. The maximum absolute atomic E-state index is 13.0. The largest absolute Gasteiger partial charge is 0.299 e. The molecule has 2 aromatic carbocycles. The molecule has 2 aromatic heterocycles. The number of Topliss-reactive ketones (excluding diaryl/α,β-unsaturated/α-hetero) is 1. The molecule has 0 aliphatic rings. The molecule has 0 fully saturated rings. The molecule has 0 saturated carbocycles. The molecule has 0 spiro atoms. The van der Waals surface area contributed by atoms with Crippen LogP contribution in [0, 0.1) is 0 Å². The maximum atomic E-state index is 13.0. The summed E-state index contributed by atoms with van der Waals surface area (Å²) in [5, 5.41) is 3.84. The Morgan fingerprint density at radius 1 is 0.938 bits per heavy atom. The lowest BCUT2D eigenvalue weighted by molar-refractivity contribution is -0.118. The molecule has 1 N–H and O–H groups in total. The standard InChI is InChI=1S/C25H22N2O3S2/c28-23(12-9-20-4-3-14-26-17-20)16-19-7-10-22(11-8-19)27-32(29,30)25-6-2-1-5-24(25)21-13-15-31-18-21/h1-8,10-11,13-15,17-18,27H,9,12,16H2. The maximum Gasteiger partial charge on any atom is 0.262 e. The number of sulfonamides is 1. The van der Waals surface area contributed by atoms with Gasteiger partial charge in [-0.1, -0.05) is 36.4 Å². The molecule has 32 heavy (non-hydrogen) atoms. The molecule has 162 valence electrons. The highest BCUT2D eigenvalue weighted by Crippen LogP contribution is 2.30. The van der Waals surface area contributed by atoms with Crippen LogP contribution < -0.4 is 4.72 Å². The minimum atomic E-state index is -3.76. The number of ketones is 1. The summed E-state index contributed by atoms with van der Waals surface area (Å²) in [6, 6.07) is 19.6. The topological polar surface area (TPSA) is 76.1 Å². The third kappa shape index (κ3) is 5.49. The van der Waals surface area contributed by atoms with Crippen LogP contribution in [-0.4, -0.2) is 19.2 Å². The van der Waals surface area contributed by atoms with Gasteiger partial charge in [-0.25, -0.2) is 8.42 Å². The van der Waals surface area contributed by atoms with E-state index in [4.69, 9.17) is 0 Å². The first kappa shape index (κ1) is 21.9. The Kier molecular flexibility index (Phi) is 6.78. The van der Waals surface area contributed by atoms with E-state index in [-0.39, 0.29) is 10.7 Å². The summed E-state index contributed by atoms with van der Waals surface area (Å²) < 4.78 is 28.7. The summed E-state index contributed by atoms with van der Waals surface area (Å²) in [5.74, 6) is 0.131. The number of aryl methyl sites for hydroxylation is 1. The van der Waals surface area contributed by atoms with Gasteiger partial charge in [0.05, 0.1) is 4.90 Å². The molecule has 4 aromatic rings. The van der Waals surface area contributed by atoms with E-state index in [0.29, 0.717) is 30.5 Å². The lowest BCUT2D eigenvalue weighted by Gasteiger charge is -2.12. The molecule has 0 aliphatic heterocycles. The van der Waals surface area contributed by atoms with E-state index in [1.54, 1.807) is 54.9 Å². The molecular formula is C25H22N2O3S2. The Morgan fingerprint density at radius 2 is 1.75 bits per heavy atom. The Labute approximate surface area is 191 Å². The Hall–Kier alpha value is -3.29. The van der Waals surface area contributed by atoms with E-state index in [9.17, 15) is 13.2 Å². The van der Waals surface area contributed by atoms with Gasteiger partial charge in [-0.05, 0) is 64.2 Å². The summed E-state index contributed by atoms with van der Waals surface area (Å²) >= 11 is 1.52. The summed E-state index contributed by atoms with van der Waals surface area (Å²) in [4.78, 5) is 16.6. The monoisotopic (exact) mass is 462 g/mol. The van der Waals surface area contributed by atoms with Gasteiger partial charge in [0.15, 0.2) is 0 Å². The normalized spacial score (nSPS) is 11.2. The average molecular weight is 463 g/mol. The molecule has 0 atom stereocenters. The first-order valence-electron chi connectivity index (χ1n) is 10.2. The van der Waals surface area contributed by atoms with Gasteiger partial charge in [-0.3, -0.25) is 14.5 Å². The number of hydrogen-bond acceptors (Lipinski definition) is 5. The molecule has 0 radical (unpaired) electrons. The summed E-state index contributed by atoms with van der Waals surface area (Å²) in [5.41, 5.74) is 3.88. The summed E-state index contributed by atoms with van der Waals surface area (Å²) in [6.45, 7) is 0. The van der Waals surface area contributed by atoms with E-state index in [0.717, 1.165) is 16.7 Å². The molecular weight excluding hydrogens is 440 g/mol. The van der Waals surface area contributed by atoms with E-state index in [2.05, 4.69) is 9.71 Å². The van der Waals surface area contributed by atoms with Gasteiger partial charge in [-0.15, -0.1) is 0 Å². The number of aromatic nitrogens is 1. The van der Waals surface area contributed by atoms with Crippen LogP contribution in [0.5, 0.6) is 0 Å². The molecule has 0 saturated heterocycles. The number of nitrogens with zero attached hydrogens (tertiary/aromatic N) is 1. The molecule has 5 nitrogen and oxygen atoms in total. The Bertz CT molecular complexity index is 1280. The van der Waals surface area contributed by atoms with Crippen molar-refractivity contribution in [1.82, 2.24) is 4.98 Å². The third-order valence-corrected chi connectivity index (χ3v) is 7.15. The number of nitrogens with one attached hydrogen (secondary N) is 1. The Morgan fingerprint density at radius 3 is 2.47 bits per heavy atom. The van der Waals surface area contributed by atoms with E-state index in [1.165, 1.54) is 11.3 Å².